The van der Waals surface area contributed by atoms with Crippen LogP contribution in [0.25, 0.3) is 11.0 Å². The van der Waals surface area contributed by atoms with Crippen LogP contribution in [0.1, 0.15) is 58.0 Å². The molecule has 0 aliphatic heterocycles. The molecule has 166 valence electrons. The summed E-state index contributed by atoms with van der Waals surface area (Å²) in [7, 11) is 0. The van der Waals surface area contributed by atoms with Crippen LogP contribution in [0.15, 0.2) is 48.5 Å². The molecule has 1 heterocycles. The molecule has 1 atom stereocenters. The normalized spacial score (nSPS) is 13.4. The predicted octanol–water partition coefficient (Wildman–Crippen LogP) is 4.08. The van der Waals surface area contributed by atoms with E-state index < -0.39 is 11.9 Å². The van der Waals surface area contributed by atoms with Crippen LogP contribution >= 0.6 is 0 Å². The molecular formula is C25H34N4O2. The number of nitrogens with zero attached hydrogens (tertiary/aromatic N) is 2. The summed E-state index contributed by atoms with van der Waals surface area (Å²) < 4.78 is 2.23. The number of carbonyl (C=O) groups excluding carboxylic acids is 1. The summed E-state index contributed by atoms with van der Waals surface area (Å²) in [5.74, 6) is 0.309. The van der Waals surface area contributed by atoms with Crippen molar-refractivity contribution in [1.82, 2.24) is 15.0 Å². The SMILES string of the molecule is CC(C)(C)c1ccc(C(C)(C)Cn2c(CC[C@H](N)C(=O)NO)nc3ccccc32)cc1. The van der Waals surface area contributed by atoms with E-state index in [9.17, 15) is 4.79 Å². The van der Waals surface area contributed by atoms with Gasteiger partial charge in [0.1, 0.15) is 5.82 Å². The Morgan fingerprint density at radius 1 is 1.06 bits per heavy atom. The number of benzene rings is 2. The third kappa shape index (κ3) is 5.14. The van der Waals surface area contributed by atoms with Gasteiger partial charge in [-0.3, -0.25) is 10.0 Å². The Bertz CT molecular complexity index is 1050. The Morgan fingerprint density at radius 2 is 1.68 bits per heavy atom. The number of imidazole rings is 1. The largest absolute Gasteiger partial charge is 0.327 e. The van der Waals surface area contributed by atoms with E-state index in [-0.39, 0.29) is 10.8 Å². The van der Waals surface area contributed by atoms with Gasteiger partial charge in [0.2, 0.25) is 0 Å². The van der Waals surface area contributed by atoms with Gasteiger partial charge in [-0.1, -0.05) is 71.0 Å². The van der Waals surface area contributed by atoms with Crippen molar-refractivity contribution < 1.29 is 10.0 Å². The third-order valence-corrected chi connectivity index (χ3v) is 5.95. The Balaban J connectivity index is 1.91. The maximum atomic E-state index is 11.6. The third-order valence-electron chi connectivity index (χ3n) is 5.95. The number of nitrogens with two attached hydrogens (primary N) is 1. The van der Waals surface area contributed by atoms with Gasteiger partial charge in [-0.25, -0.2) is 10.5 Å². The number of aromatic nitrogens is 2. The fraction of sp³-hybridized carbons (Fsp3) is 0.440. The molecular weight excluding hydrogens is 388 g/mol. The lowest BCUT2D eigenvalue weighted by atomic mass is 9.81. The zero-order chi connectivity index (χ0) is 22.8. The Morgan fingerprint density at radius 3 is 2.29 bits per heavy atom. The molecule has 2 aromatic carbocycles. The Kier molecular flexibility index (Phi) is 6.53. The van der Waals surface area contributed by atoms with E-state index in [1.54, 1.807) is 5.48 Å². The topological polar surface area (TPSA) is 93.2 Å². The van der Waals surface area contributed by atoms with Crippen LogP contribution in [0, 0.1) is 0 Å². The fourth-order valence-corrected chi connectivity index (χ4v) is 3.90. The van der Waals surface area contributed by atoms with Crippen molar-refractivity contribution in [3.8, 4) is 0 Å². The molecule has 1 aromatic heterocycles. The number of nitrogens with one attached hydrogen (secondary N) is 1. The number of amides is 1. The van der Waals surface area contributed by atoms with Crippen LogP contribution in [0.4, 0.5) is 0 Å². The van der Waals surface area contributed by atoms with E-state index >= 15 is 0 Å². The van der Waals surface area contributed by atoms with E-state index in [0.29, 0.717) is 12.8 Å². The van der Waals surface area contributed by atoms with E-state index in [1.165, 1.54) is 11.1 Å². The van der Waals surface area contributed by atoms with Gasteiger partial charge in [-0.15, -0.1) is 0 Å². The van der Waals surface area contributed by atoms with Gasteiger partial charge in [0.05, 0.1) is 17.1 Å². The van der Waals surface area contributed by atoms with Crippen LogP contribution in [0.2, 0.25) is 0 Å². The van der Waals surface area contributed by atoms with Crippen LogP contribution in [0.3, 0.4) is 0 Å². The monoisotopic (exact) mass is 422 g/mol. The first-order chi connectivity index (χ1) is 14.5. The first kappa shape index (κ1) is 23.0. The van der Waals surface area contributed by atoms with Crippen molar-refractivity contribution in [3.63, 3.8) is 0 Å². The molecule has 0 bridgehead atoms. The Hall–Kier alpha value is -2.70. The van der Waals surface area contributed by atoms with E-state index in [4.69, 9.17) is 15.9 Å². The van der Waals surface area contributed by atoms with Gasteiger partial charge < -0.3 is 10.3 Å². The summed E-state index contributed by atoms with van der Waals surface area (Å²) in [6.45, 7) is 11.9. The van der Waals surface area contributed by atoms with Crippen molar-refractivity contribution >= 4 is 16.9 Å². The fourth-order valence-electron chi connectivity index (χ4n) is 3.90. The zero-order valence-electron chi connectivity index (χ0n) is 19.1. The molecule has 0 spiro atoms. The number of aryl methyl sites for hydroxylation is 1. The number of fused-ring (bicyclic) bond motifs is 1. The lowest BCUT2D eigenvalue weighted by Crippen LogP contribution is -2.39. The van der Waals surface area contributed by atoms with Crippen LogP contribution in [0.5, 0.6) is 0 Å². The van der Waals surface area contributed by atoms with E-state index in [1.807, 2.05) is 18.2 Å². The summed E-state index contributed by atoms with van der Waals surface area (Å²) in [4.78, 5) is 16.4. The molecule has 0 saturated heterocycles. The molecule has 31 heavy (non-hydrogen) atoms. The Labute approximate surface area is 184 Å². The van der Waals surface area contributed by atoms with Crippen LogP contribution < -0.4 is 11.2 Å². The predicted molar refractivity (Wildman–Crippen MR) is 124 cm³/mol. The molecule has 3 aromatic rings. The molecule has 1 amide bonds. The number of carbonyl (C=O) groups is 1. The van der Waals surface area contributed by atoms with Crippen LogP contribution in [-0.2, 0) is 28.6 Å². The minimum Gasteiger partial charge on any atom is -0.327 e. The van der Waals surface area contributed by atoms with Crippen molar-refractivity contribution in [2.75, 3.05) is 0 Å². The standard InChI is InChI=1S/C25H34N4O2/c1-24(2,3)17-10-12-18(13-11-17)25(4,5)16-29-21-9-7-6-8-20(21)27-22(29)15-14-19(26)23(30)28-31/h6-13,19,31H,14-16,26H2,1-5H3,(H,28,30)/t19-/m0/s1. The summed E-state index contributed by atoms with van der Waals surface area (Å²) in [6, 6.07) is 16.2. The zero-order valence-corrected chi connectivity index (χ0v) is 19.1. The van der Waals surface area contributed by atoms with Gasteiger partial charge in [0.15, 0.2) is 0 Å². The average Bonchev–Trinajstić information content (AvgIpc) is 3.07. The molecule has 6 heteroatoms. The molecule has 0 fully saturated rings. The second-order valence-electron chi connectivity index (χ2n) is 9.94. The van der Waals surface area contributed by atoms with Crippen molar-refractivity contribution in [3.05, 3.63) is 65.5 Å². The van der Waals surface area contributed by atoms with Crippen molar-refractivity contribution in [2.24, 2.45) is 5.73 Å². The smallest absolute Gasteiger partial charge is 0.260 e. The lowest BCUT2D eigenvalue weighted by molar-refractivity contribution is -0.130. The minimum atomic E-state index is -0.781. The van der Waals surface area contributed by atoms with Crippen molar-refractivity contribution in [1.29, 1.82) is 0 Å². The molecule has 6 nitrogen and oxygen atoms in total. The van der Waals surface area contributed by atoms with Crippen LogP contribution in [-0.4, -0.2) is 26.7 Å². The van der Waals surface area contributed by atoms with Crippen molar-refractivity contribution in [2.45, 2.75) is 70.9 Å². The molecule has 3 rings (SSSR count). The number of para-hydroxylation sites is 2. The molecule has 0 aliphatic rings. The number of hydroxylamine groups is 1. The average molecular weight is 423 g/mol. The van der Waals surface area contributed by atoms with Gasteiger partial charge in [0.25, 0.3) is 5.91 Å². The summed E-state index contributed by atoms with van der Waals surface area (Å²) >= 11 is 0. The minimum absolute atomic E-state index is 0.121. The number of rotatable bonds is 7. The summed E-state index contributed by atoms with van der Waals surface area (Å²) in [5, 5.41) is 8.82. The highest BCUT2D eigenvalue weighted by molar-refractivity contribution is 5.80. The maximum absolute atomic E-state index is 11.6. The summed E-state index contributed by atoms with van der Waals surface area (Å²) in [6.07, 6.45) is 0.943. The second-order valence-corrected chi connectivity index (χ2v) is 9.94. The highest BCUT2D eigenvalue weighted by Gasteiger charge is 2.25. The van der Waals surface area contributed by atoms with Gasteiger partial charge >= 0.3 is 0 Å². The first-order valence-electron chi connectivity index (χ1n) is 10.8. The van der Waals surface area contributed by atoms with Gasteiger partial charge in [0, 0.05) is 18.4 Å². The number of hydrogen-bond donors (Lipinski definition) is 3. The molecule has 4 N–H and O–H groups in total. The van der Waals surface area contributed by atoms with Gasteiger partial charge in [-0.2, -0.15) is 0 Å². The second kappa shape index (κ2) is 8.81. The lowest BCUT2D eigenvalue weighted by Gasteiger charge is -2.28. The number of hydrogen-bond acceptors (Lipinski definition) is 4. The highest BCUT2D eigenvalue weighted by Crippen LogP contribution is 2.31. The molecule has 0 unspecified atom stereocenters. The molecule has 0 radical (unpaired) electrons. The molecule has 0 saturated carbocycles. The summed E-state index contributed by atoms with van der Waals surface area (Å²) in [5.41, 5.74) is 12.1. The quantitative estimate of drug-likeness (QED) is 0.395. The van der Waals surface area contributed by atoms with E-state index in [2.05, 4.69) is 69.5 Å². The first-order valence-corrected chi connectivity index (χ1v) is 10.8. The van der Waals surface area contributed by atoms with Gasteiger partial charge in [-0.05, 0) is 35.1 Å². The molecule has 0 aliphatic carbocycles. The van der Waals surface area contributed by atoms with E-state index in [0.717, 1.165) is 23.4 Å². The maximum Gasteiger partial charge on any atom is 0.260 e. The highest BCUT2D eigenvalue weighted by atomic mass is 16.5.